The Labute approximate surface area is 227 Å². The molecular formula is C29H22ClF3N2O2S. The summed E-state index contributed by atoms with van der Waals surface area (Å²) in [5, 5.41) is 5.32. The van der Waals surface area contributed by atoms with Gasteiger partial charge in [-0.3, -0.25) is 9.59 Å². The summed E-state index contributed by atoms with van der Waals surface area (Å²) in [5.74, 6) is -0.642. The monoisotopic (exact) mass is 554 g/mol. The van der Waals surface area contributed by atoms with E-state index in [1.54, 1.807) is 72.8 Å². The lowest BCUT2D eigenvalue weighted by Crippen LogP contribution is -2.19. The standard InChI is InChI=1S/C29H22ClF3N2O2S/c30-22-11-9-19(10-12-22)17-26(36)34-23-13-15-25(16-14-23)38-27(20-5-2-1-3-6-20)28(37)35-24-8-4-7-21(18-24)29(31,32)33/h1-16,18,27H,17H2,(H,34,36)(H,35,37). The van der Waals surface area contributed by atoms with Crippen molar-refractivity contribution in [2.75, 3.05) is 10.6 Å². The highest BCUT2D eigenvalue weighted by Gasteiger charge is 2.31. The van der Waals surface area contributed by atoms with E-state index in [1.165, 1.54) is 23.9 Å². The van der Waals surface area contributed by atoms with E-state index in [-0.39, 0.29) is 18.0 Å². The van der Waals surface area contributed by atoms with Crippen LogP contribution in [0.3, 0.4) is 0 Å². The van der Waals surface area contributed by atoms with Crippen LogP contribution in [0.25, 0.3) is 0 Å². The summed E-state index contributed by atoms with van der Waals surface area (Å²) in [6, 6.07) is 27.5. The van der Waals surface area contributed by atoms with E-state index in [0.29, 0.717) is 16.3 Å². The summed E-state index contributed by atoms with van der Waals surface area (Å²) in [7, 11) is 0. The zero-order valence-corrected chi connectivity index (χ0v) is 21.4. The molecule has 0 aliphatic heterocycles. The van der Waals surface area contributed by atoms with E-state index >= 15 is 0 Å². The Morgan fingerprint density at radius 2 is 1.47 bits per heavy atom. The van der Waals surface area contributed by atoms with Crippen molar-refractivity contribution >= 4 is 46.6 Å². The molecule has 1 unspecified atom stereocenters. The Morgan fingerprint density at radius 1 is 0.789 bits per heavy atom. The average molecular weight is 555 g/mol. The topological polar surface area (TPSA) is 58.2 Å². The second-order valence-corrected chi connectivity index (χ2v) is 9.97. The van der Waals surface area contributed by atoms with Crippen molar-refractivity contribution in [1.82, 2.24) is 0 Å². The summed E-state index contributed by atoms with van der Waals surface area (Å²) in [5.41, 5.74) is 1.34. The molecule has 0 aromatic heterocycles. The van der Waals surface area contributed by atoms with E-state index in [0.717, 1.165) is 22.6 Å². The minimum absolute atomic E-state index is 0.0603. The maximum absolute atomic E-state index is 13.2. The van der Waals surface area contributed by atoms with Gasteiger partial charge in [-0.15, -0.1) is 11.8 Å². The van der Waals surface area contributed by atoms with Crippen LogP contribution in [0.1, 0.15) is 21.9 Å². The Morgan fingerprint density at radius 3 is 2.13 bits per heavy atom. The van der Waals surface area contributed by atoms with E-state index in [9.17, 15) is 22.8 Å². The lowest BCUT2D eigenvalue weighted by molar-refractivity contribution is -0.137. The molecule has 2 amide bonds. The van der Waals surface area contributed by atoms with Crippen molar-refractivity contribution in [3.8, 4) is 0 Å². The van der Waals surface area contributed by atoms with Crippen LogP contribution < -0.4 is 10.6 Å². The molecule has 38 heavy (non-hydrogen) atoms. The lowest BCUT2D eigenvalue weighted by atomic mass is 10.1. The van der Waals surface area contributed by atoms with Crippen LogP contribution in [0, 0.1) is 0 Å². The number of rotatable bonds is 8. The summed E-state index contributed by atoms with van der Waals surface area (Å²) in [4.78, 5) is 26.3. The molecule has 0 aliphatic rings. The maximum atomic E-state index is 13.2. The number of halogens is 4. The fraction of sp³-hybridized carbons (Fsp3) is 0.103. The van der Waals surface area contributed by atoms with Gasteiger partial charge < -0.3 is 10.6 Å². The molecule has 4 rings (SSSR count). The average Bonchev–Trinajstić information content (AvgIpc) is 2.89. The highest BCUT2D eigenvalue weighted by Crippen LogP contribution is 2.37. The molecule has 0 radical (unpaired) electrons. The molecule has 4 nitrogen and oxygen atoms in total. The number of anilines is 2. The van der Waals surface area contributed by atoms with Crippen molar-refractivity contribution in [1.29, 1.82) is 0 Å². The highest BCUT2D eigenvalue weighted by atomic mass is 35.5. The first-order valence-electron chi connectivity index (χ1n) is 11.5. The Kier molecular flexibility index (Phi) is 8.76. The molecular weight excluding hydrogens is 533 g/mol. The van der Waals surface area contributed by atoms with Gasteiger partial charge in [0, 0.05) is 21.3 Å². The van der Waals surface area contributed by atoms with Gasteiger partial charge in [-0.1, -0.05) is 60.1 Å². The largest absolute Gasteiger partial charge is 0.416 e. The van der Waals surface area contributed by atoms with Crippen LogP contribution in [-0.2, 0) is 22.2 Å². The Balaban J connectivity index is 1.45. The van der Waals surface area contributed by atoms with Crippen LogP contribution in [0.5, 0.6) is 0 Å². The molecule has 0 saturated carbocycles. The van der Waals surface area contributed by atoms with E-state index in [4.69, 9.17) is 11.6 Å². The van der Waals surface area contributed by atoms with Crippen LogP contribution in [0.15, 0.2) is 108 Å². The Bertz CT molecular complexity index is 1400. The molecule has 9 heteroatoms. The molecule has 194 valence electrons. The van der Waals surface area contributed by atoms with Crippen LogP contribution in [0.2, 0.25) is 5.02 Å². The number of benzene rings is 4. The van der Waals surface area contributed by atoms with Gasteiger partial charge in [0.2, 0.25) is 11.8 Å². The number of alkyl halides is 3. The number of amides is 2. The van der Waals surface area contributed by atoms with Crippen molar-refractivity contribution in [2.45, 2.75) is 22.7 Å². The summed E-state index contributed by atoms with van der Waals surface area (Å²) < 4.78 is 39.3. The van der Waals surface area contributed by atoms with Crippen molar-refractivity contribution in [3.63, 3.8) is 0 Å². The van der Waals surface area contributed by atoms with Gasteiger partial charge in [0.1, 0.15) is 5.25 Å². The zero-order valence-electron chi connectivity index (χ0n) is 19.8. The van der Waals surface area contributed by atoms with Gasteiger partial charge in [-0.25, -0.2) is 0 Å². The summed E-state index contributed by atoms with van der Waals surface area (Å²) in [6.45, 7) is 0. The van der Waals surface area contributed by atoms with Gasteiger partial charge in [0.15, 0.2) is 0 Å². The summed E-state index contributed by atoms with van der Waals surface area (Å²) >= 11 is 7.13. The van der Waals surface area contributed by atoms with Gasteiger partial charge in [-0.2, -0.15) is 13.2 Å². The SMILES string of the molecule is O=C(Cc1ccc(Cl)cc1)Nc1ccc(SC(C(=O)Nc2cccc(C(F)(F)F)c2)c2ccccc2)cc1. The second-order valence-electron chi connectivity index (χ2n) is 8.35. The van der Waals surface area contributed by atoms with Gasteiger partial charge in [0.05, 0.1) is 12.0 Å². The van der Waals surface area contributed by atoms with E-state index in [1.807, 2.05) is 6.07 Å². The molecule has 0 bridgehead atoms. The second kappa shape index (κ2) is 12.2. The van der Waals surface area contributed by atoms with Crippen molar-refractivity contribution < 1.29 is 22.8 Å². The molecule has 1 atom stereocenters. The fourth-order valence-corrected chi connectivity index (χ4v) is 4.78. The third-order valence-corrected chi connectivity index (χ3v) is 6.99. The molecule has 0 fully saturated rings. The van der Waals surface area contributed by atoms with Crippen LogP contribution in [0.4, 0.5) is 24.5 Å². The zero-order chi connectivity index (χ0) is 27.1. The van der Waals surface area contributed by atoms with E-state index in [2.05, 4.69) is 10.6 Å². The molecule has 0 spiro atoms. The predicted octanol–water partition coefficient (Wildman–Crippen LogP) is 8.01. The molecule has 4 aromatic carbocycles. The third-order valence-electron chi connectivity index (χ3n) is 5.47. The fourth-order valence-electron chi connectivity index (χ4n) is 3.63. The number of carbonyl (C=O) groups is 2. The minimum Gasteiger partial charge on any atom is -0.326 e. The van der Waals surface area contributed by atoms with Crippen LogP contribution in [-0.4, -0.2) is 11.8 Å². The maximum Gasteiger partial charge on any atom is 0.416 e. The molecule has 0 saturated heterocycles. The first-order chi connectivity index (χ1) is 18.2. The Hall–Kier alpha value is -3.75. The van der Waals surface area contributed by atoms with E-state index < -0.39 is 22.9 Å². The van der Waals surface area contributed by atoms with Gasteiger partial charge >= 0.3 is 6.18 Å². The molecule has 2 N–H and O–H groups in total. The highest BCUT2D eigenvalue weighted by molar-refractivity contribution is 8.00. The molecule has 4 aromatic rings. The molecule has 0 heterocycles. The number of carbonyl (C=O) groups excluding carboxylic acids is 2. The molecule has 0 aliphatic carbocycles. The number of hydrogen-bond donors (Lipinski definition) is 2. The number of nitrogens with one attached hydrogen (secondary N) is 2. The smallest absolute Gasteiger partial charge is 0.326 e. The van der Waals surface area contributed by atoms with Gasteiger partial charge in [-0.05, 0) is 65.7 Å². The first kappa shape index (κ1) is 27.3. The summed E-state index contributed by atoms with van der Waals surface area (Å²) in [6.07, 6.45) is -4.32. The third kappa shape index (κ3) is 7.63. The normalized spacial score (nSPS) is 12.0. The van der Waals surface area contributed by atoms with Crippen molar-refractivity contribution in [2.24, 2.45) is 0 Å². The first-order valence-corrected chi connectivity index (χ1v) is 12.8. The van der Waals surface area contributed by atoms with Crippen molar-refractivity contribution in [3.05, 3.63) is 125 Å². The predicted molar refractivity (Wildman–Crippen MR) is 145 cm³/mol. The number of hydrogen-bond acceptors (Lipinski definition) is 3. The minimum atomic E-state index is -4.51. The quantitative estimate of drug-likeness (QED) is 0.217. The number of thioether (sulfide) groups is 1. The lowest BCUT2D eigenvalue weighted by Gasteiger charge is -2.18. The van der Waals surface area contributed by atoms with Crippen LogP contribution >= 0.6 is 23.4 Å². The van der Waals surface area contributed by atoms with Gasteiger partial charge in [0.25, 0.3) is 0 Å².